The van der Waals surface area contributed by atoms with E-state index in [-0.39, 0.29) is 0 Å². The highest BCUT2D eigenvalue weighted by atomic mass is 35.5. The summed E-state index contributed by atoms with van der Waals surface area (Å²) in [4.78, 5) is 2.61. The molecule has 19 heavy (non-hydrogen) atoms. The lowest BCUT2D eigenvalue weighted by Crippen LogP contribution is -2.15. The first-order chi connectivity index (χ1) is 9.16. The topological polar surface area (TPSA) is 29.3 Å². The van der Waals surface area contributed by atoms with Crippen molar-refractivity contribution in [1.82, 2.24) is 0 Å². The molecule has 0 radical (unpaired) electrons. The van der Waals surface area contributed by atoms with E-state index in [0.29, 0.717) is 10.0 Å². The predicted octanol–water partition coefficient (Wildman–Crippen LogP) is 3.67. The van der Waals surface area contributed by atoms with Crippen LogP contribution < -0.4 is 10.6 Å². The number of para-hydroxylation sites is 1. The largest absolute Gasteiger partial charge is 0.389 e. The first-order valence-electron chi connectivity index (χ1n) is 6.11. The Morgan fingerprint density at radius 2 is 1.95 bits per heavy atom. The van der Waals surface area contributed by atoms with Gasteiger partial charge in [-0.25, -0.2) is 0 Å². The van der Waals surface area contributed by atoms with Gasteiger partial charge in [-0.1, -0.05) is 42.0 Å². The summed E-state index contributed by atoms with van der Waals surface area (Å²) in [5, 5.41) is 0.682. The van der Waals surface area contributed by atoms with Crippen molar-refractivity contribution < 1.29 is 0 Å². The van der Waals surface area contributed by atoms with E-state index in [1.165, 1.54) is 11.3 Å². The number of anilines is 2. The van der Waals surface area contributed by atoms with E-state index in [9.17, 15) is 0 Å². The summed E-state index contributed by atoms with van der Waals surface area (Å²) >= 11 is 11.3. The summed E-state index contributed by atoms with van der Waals surface area (Å²) < 4.78 is 0. The second kappa shape index (κ2) is 4.83. The number of hydrogen-bond donors (Lipinski definition) is 1. The molecule has 0 bridgehead atoms. The molecule has 1 aliphatic heterocycles. The zero-order valence-corrected chi connectivity index (χ0v) is 11.8. The van der Waals surface area contributed by atoms with E-state index >= 15 is 0 Å². The van der Waals surface area contributed by atoms with Crippen molar-refractivity contribution in [3.63, 3.8) is 0 Å². The number of benzene rings is 2. The summed E-state index contributed by atoms with van der Waals surface area (Å²) in [6.07, 6.45) is 1.05. The maximum Gasteiger partial charge on any atom is 0.104 e. The van der Waals surface area contributed by atoms with Gasteiger partial charge in [0.05, 0.1) is 10.7 Å². The monoisotopic (exact) mass is 288 g/mol. The summed E-state index contributed by atoms with van der Waals surface area (Å²) in [6.45, 7) is 0.950. The molecular formula is C15H13ClN2S. The van der Waals surface area contributed by atoms with Crippen molar-refractivity contribution >= 4 is 40.2 Å². The average Bonchev–Trinajstić information content (AvgIpc) is 2.82. The highest BCUT2D eigenvalue weighted by Crippen LogP contribution is 2.38. The second-order valence-corrected chi connectivity index (χ2v) is 5.41. The molecule has 0 amide bonds. The van der Waals surface area contributed by atoms with Gasteiger partial charge < -0.3 is 10.6 Å². The number of fused-ring (bicyclic) bond motifs is 1. The summed E-state index contributed by atoms with van der Waals surface area (Å²) in [5.41, 5.74) is 10.0. The molecular weight excluding hydrogens is 276 g/mol. The third-order valence-corrected chi connectivity index (χ3v) is 3.95. The molecule has 0 atom stereocenters. The number of thiocarbonyl (C=S) groups is 1. The predicted molar refractivity (Wildman–Crippen MR) is 84.5 cm³/mol. The third kappa shape index (κ3) is 2.20. The Bertz CT molecular complexity index is 654. The fourth-order valence-electron chi connectivity index (χ4n) is 2.47. The van der Waals surface area contributed by atoms with Gasteiger partial charge in [0.2, 0.25) is 0 Å². The molecule has 0 aromatic heterocycles. The first-order valence-corrected chi connectivity index (χ1v) is 6.90. The molecule has 0 fully saturated rings. The van der Waals surface area contributed by atoms with Gasteiger partial charge in [-0.15, -0.1) is 0 Å². The molecule has 2 nitrogen and oxygen atoms in total. The molecule has 3 rings (SSSR count). The standard InChI is InChI=1S/C15H13ClN2S/c16-12-9-11(15(17)19)5-6-14(12)18-8-7-10-3-1-2-4-13(10)18/h1-6,9H,7-8H2,(H2,17,19). The Hall–Kier alpha value is -1.58. The van der Waals surface area contributed by atoms with E-state index in [1.54, 1.807) is 0 Å². The van der Waals surface area contributed by atoms with Crippen LogP contribution in [0.4, 0.5) is 11.4 Å². The van der Waals surface area contributed by atoms with Crippen molar-refractivity contribution in [2.45, 2.75) is 6.42 Å². The number of halogens is 1. The van der Waals surface area contributed by atoms with Crippen molar-refractivity contribution in [2.75, 3.05) is 11.4 Å². The molecule has 2 N–H and O–H groups in total. The van der Waals surface area contributed by atoms with Crippen molar-refractivity contribution in [3.8, 4) is 0 Å². The van der Waals surface area contributed by atoms with Crippen LogP contribution in [0.1, 0.15) is 11.1 Å². The van der Waals surface area contributed by atoms with Crippen LogP contribution in [-0.4, -0.2) is 11.5 Å². The van der Waals surface area contributed by atoms with Crippen LogP contribution in [0.2, 0.25) is 5.02 Å². The quantitative estimate of drug-likeness (QED) is 0.855. The van der Waals surface area contributed by atoms with Crippen LogP contribution in [0.5, 0.6) is 0 Å². The molecule has 0 saturated heterocycles. The molecule has 0 spiro atoms. The number of hydrogen-bond acceptors (Lipinski definition) is 2. The Kier molecular flexibility index (Phi) is 3.17. The molecule has 0 saturated carbocycles. The molecule has 2 aromatic rings. The van der Waals surface area contributed by atoms with Gasteiger partial charge in [-0.2, -0.15) is 0 Å². The Labute approximate surface area is 122 Å². The molecule has 1 aliphatic rings. The third-order valence-electron chi connectivity index (χ3n) is 3.41. The highest BCUT2D eigenvalue weighted by molar-refractivity contribution is 7.80. The SMILES string of the molecule is NC(=S)c1ccc(N2CCc3ccccc32)c(Cl)c1. The Morgan fingerprint density at radius 3 is 2.68 bits per heavy atom. The minimum absolute atomic E-state index is 0.371. The zero-order valence-electron chi connectivity index (χ0n) is 10.3. The van der Waals surface area contributed by atoms with Gasteiger partial charge in [-0.05, 0) is 36.2 Å². The molecule has 2 aromatic carbocycles. The van der Waals surface area contributed by atoms with Crippen molar-refractivity contribution in [3.05, 3.63) is 58.6 Å². The lowest BCUT2D eigenvalue weighted by atomic mass is 10.1. The van der Waals surface area contributed by atoms with E-state index < -0.39 is 0 Å². The number of rotatable bonds is 2. The fourth-order valence-corrected chi connectivity index (χ4v) is 2.88. The average molecular weight is 289 g/mol. The van der Waals surface area contributed by atoms with Crippen LogP contribution in [0.3, 0.4) is 0 Å². The summed E-state index contributed by atoms with van der Waals surface area (Å²) in [7, 11) is 0. The maximum atomic E-state index is 6.36. The van der Waals surface area contributed by atoms with E-state index in [2.05, 4.69) is 29.2 Å². The minimum Gasteiger partial charge on any atom is -0.389 e. The van der Waals surface area contributed by atoms with Crippen LogP contribution in [-0.2, 0) is 6.42 Å². The molecule has 1 heterocycles. The van der Waals surface area contributed by atoms with Gasteiger partial charge in [-0.3, -0.25) is 0 Å². The van der Waals surface area contributed by atoms with Crippen LogP contribution >= 0.6 is 23.8 Å². The van der Waals surface area contributed by atoms with Gasteiger partial charge in [0.15, 0.2) is 0 Å². The number of nitrogens with two attached hydrogens (primary N) is 1. The van der Waals surface area contributed by atoms with E-state index in [4.69, 9.17) is 29.6 Å². The molecule has 0 aliphatic carbocycles. The van der Waals surface area contributed by atoms with Gasteiger partial charge >= 0.3 is 0 Å². The Morgan fingerprint density at radius 1 is 1.16 bits per heavy atom. The molecule has 4 heteroatoms. The smallest absolute Gasteiger partial charge is 0.104 e. The van der Waals surface area contributed by atoms with Gasteiger partial charge in [0.1, 0.15) is 4.99 Å². The fraction of sp³-hybridized carbons (Fsp3) is 0.133. The van der Waals surface area contributed by atoms with Crippen LogP contribution in [0, 0.1) is 0 Å². The summed E-state index contributed by atoms with van der Waals surface area (Å²) in [6, 6.07) is 14.1. The lowest BCUT2D eigenvalue weighted by molar-refractivity contribution is 0.998. The minimum atomic E-state index is 0.371. The summed E-state index contributed by atoms with van der Waals surface area (Å²) in [5.74, 6) is 0. The molecule has 96 valence electrons. The van der Waals surface area contributed by atoms with Crippen LogP contribution in [0.15, 0.2) is 42.5 Å². The maximum absolute atomic E-state index is 6.36. The normalized spacial score (nSPS) is 13.4. The van der Waals surface area contributed by atoms with Gasteiger partial charge in [0.25, 0.3) is 0 Å². The molecule has 0 unspecified atom stereocenters. The van der Waals surface area contributed by atoms with E-state index in [1.807, 2.05) is 18.2 Å². The number of nitrogens with zero attached hydrogens (tertiary/aromatic N) is 1. The van der Waals surface area contributed by atoms with E-state index in [0.717, 1.165) is 24.2 Å². The van der Waals surface area contributed by atoms with Gasteiger partial charge in [0, 0.05) is 17.8 Å². The zero-order chi connectivity index (χ0) is 13.4. The lowest BCUT2D eigenvalue weighted by Gasteiger charge is -2.21. The van der Waals surface area contributed by atoms with Crippen molar-refractivity contribution in [1.29, 1.82) is 0 Å². The Balaban J connectivity index is 2.03. The van der Waals surface area contributed by atoms with Crippen LogP contribution in [0.25, 0.3) is 0 Å². The van der Waals surface area contributed by atoms with Crippen molar-refractivity contribution in [2.24, 2.45) is 5.73 Å². The second-order valence-electron chi connectivity index (χ2n) is 4.56. The first kappa shape index (κ1) is 12.5. The highest BCUT2D eigenvalue weighted by Gasteiger charge is 2.21.